The first kappa shape index (κ1) is 19.6. The lowest BCUT2D eigenvalue weighted by Gasteiger charge is -2.41. The summed E-state index contributed by atoms with van der Waals surface area (Å²) in [5.74, 6) is 2.68. The Hall–Kier alpha value is -0.123. The predicted molar refractivity (Wildman–Crippen MR) is 108 cm³/mol. The second kappa shape index (κ2) is 6.20. The maximum absolute atomic E-state index is 6.92. The van der Waals surface area contributed by atoms with Crippen LogP contribution in [0.25, 0.3) is 0 Å². The average molecular weight is 365 g/mol. The van der Waals surface area contributed by atoms with Crippen LogP contribution in [0.1, 0.15) is 67.7 Å². The fourth-order valence-electron chi connectivity index (χ4n) is 5.00. The lowest BCUT2D eigenvalue weighted by Crippen LogP contribution is -2.45. The number of rotatable bonds is 3. The van der Waals surface area contributed by atoms with E-state index in [2.05, 4.69) is 67.6 Å². The first-order valence-electron chi connectivity index (χ1n) is 10.3. The molecule has 0 radical (unpaired) electrons. The number of hydrogen-bond acceptors (Lipinski definition) is 2. The molecule has 3 aliphatic carbocycles. The molecule has 3 rings (SSSR count). The fraction of sp³-hybridized carbons (Fsp3) is 0.909. The molecule has 0 aromatic carbocycles. The Morgan fingerprint density at radius 1 is 1.04 bits per heavy atom. The largest absolute Gasteiger partial charge is 0.414 e. The molecule has 0 amide bonds. The number of fused-ring (bicyclic) bond motifs is 1. The Balaban J connectivity index is 1.77. The van der Waals surface area contributed by atoms with Gasteiger partial charge in [0.2, 0.25) is 0 Å². The Bertz CT molecular complexity index is 537. The topological polar surface area (TPSA) is 18.5 Å². The zero-order valence-corrected chi connectivity index (χ0v) is 19.0. The van der Waals surface area contributed by atoms with Crippen molar-refractivity contribution in [2.75, 3.05) is 0 Å². The molecule has 0 spiro atoms. The summed E-state index contributed by atoms with van der Waals surface area (Å²) in [7, 11) is -1.71. The van der Waals surface area contributed by atoms with Gasteiger partial charge in [-0.1, -0.05) is 39.3 Å². The molecular weight excluding hydrogens is 324 g/mol. The third-order valence-corrected chi connectivity index (χ3v) is 11.7. The van der Waals surface area contributed by atoms with Crippen LogP contribution in [-0.4, -0.2) is 26.1 Å². The molecule has 144 valence electrons. The molecular formula is C22H40O2Si. The molecule has 0 heterocycles. The normalized spacial score (nSPS) is 38.7. The number of ether oxygens (including phenoxy) is 1. The van der Waals surface area contributed by atoms with Crippen molar-refractivity contribution in [3.05, 3.63) is 11.6 Å². The molecule has 6 atom stereocenters. The lowest BCUT2D eigenvalue weighted by molar-refractivity contribution is -0.0790. The monoisotopic (exact) mass is 364 g/mol. The van der Waals surface area contributed by atoms with Gasteiger partial charge in [0.05, 0.1) is 11.7 Å². The predicted octanol–water partition coefficient (Wildman–Crippen LogP) is 6.18. The van der Waals surface area contributed by atoms with Crippen molar-refractivity contribution >= 4 is 8.32 Å². The first-order chi connectivity index (χ1) is 11.3. The van der Waals surface area contributed by atoms with Crippen molar-refractivity contribution in [3.63, 3.8) is 0 Å². The van der Waals surface area contributed by atoms with Crippen LogP contribution >= 0.6 is 0 Å². The van der Waals surface area contributed by atoms with Gasteiger partial charge in [-0.3, -0.25) is 0 Å². The number of hydrogen-bond donors (Lipinski definition) is 0. The van der Waals surface area contributed by atoms with E-state index in [4.69, 9.17) is 9.16 Å². The second-order valence-electron chi connectivity index (χ2n) is 11.5. The van der Waals surface area contributed by atoms with Gasteiger partial charge >= 0.3 is 0 Å². The molecule has 0 unspecified atom stereocenters. The van der Waals surface area contributed by atoms with Crippen molar-refractivity contribution in [1.82, 2.24) is 0 Å². The van der Waals surface area contributed by atoms with Crippen molar-refractivity contribution in [1.29, 1.82) is 0 Å². The molecule has 2 fully saturated rings. The summed E-state index contributed by atoms with van der Waals surface area (Å²) in [5, 5.41) is 0.285. The Morgan fingerprint density at radius 3 is 2.24 bits per heavy atom. The summed E-state index contributed by atoms with van der Waals surface area (Å²) in [6.45, 7) is 20.9. The molecule has 0 aromatic rings. The van der Waals surface area contributed by atoms with Gasteiger partial charge in [0.15, 0.2) is 8.32 Å². The van der Waals surface area contributed by atoms with Crippen LogP contribution in [0.15, 0.2) is 11.6 Å². The quantitative estimate of drug-likeness (QED) is 0.439. The van der Waals surface area contributed by atoms with Crippen molar-refractivity contribution < 1.29 is 9.16 Å². The van der Waals surface area contributed by atoms with E-state index >= 15 is 0 Å². The smallest absolute Gasteiger partial charge is 0.192 e. The Morgan fingerprint density at radius 2 is 1.68 bits per heavy atom. The summed E-state index contributed by atoms with van der Waals surface area (Å²) in [6, 6.07) is 0. The third-order valence-electron chi connectivity index (χ3n) is 7.18. The first-order valence-corrected chi connectivity index (χ1v) is 13.3. The van der Waals surface area contributed by atoms with Crippen LogP contribution in [-0.2, 0) is 9.16 Å². The maximum atomic E-state index is 6.92. The van der Waals surface area contributed by atoms with Crippen molar-refractivity contribution in [2.24, 2.45) is 23.7 Å². The highest BCUT2D eigenvalue weighted by Gasteiger charge is 2.53. The third kappa shape index (κ3) is 3.79. The molecule has 0 saturated heterocycles. The van der Waals surface area contributed by atoms with E-state index < -0.39 is 8.32 Å². The molecule has 3 heteroatoms. The summed E-state index contributed by atoms with van der Waals surface area (Å²) < 4.78 is 13.4. The summed E-state index contributed by atoms with van der Waals surface area (Å²) in [6.07, 6.45) is 7.16. The van der Waals surface area contributed by atoms with E-state index in [0.717, 1.165) is 5.92 Å². The molecule has 0 aliphatic heterocycles. The van der Waals surface area contributed by atoms with E-state index in [9.17, 15) is 0 Å². The van der Waals surface area contributed by atoms with Gasteiger partial charge in [-0.2, -0.15) is 0 Å². The van der Waals surface area contributed by atoms with E-state index in [0.29, 0.717) is 30.0 Å². The minimum Gasteiger partial charge on any atom is -0.414 e. The molecule has 2 bridgehead atoms. The molecule has 3 aliphatic rings. The van der Waals surface area contributed by atoms with Crippen LogP contribution in [0, 0.1) is 23.7 Å². The van der Waals surface area contributed by atoms with Gasteiger partial charge in [-0.15, -0.1) is 0 Å². The van der Waals surface area contributed by atoms with Gasteiger partial charge in [-0.25, -0.2) is 0 Å². The lowest BCUT2D eigenvalue weighted by atomic mass is 9.85. The second-order valence-corrected chi connectivity index (χ2v) is 16.2. The van der Waals surface area contributed by atoms with E-state index in [1.54, 1.807) is 5.57 Å². The highest BCUT2D eigenvalue weighted by molar-refractivity contribution is 6.74. The van der Waals surface area contributed by atoms with Gasteiger partial charge in [0, 0.05) is 17.9 Å². The maximum Gasteiger partial charge on any atom is 0.192 e. The molecule has 25 heavy (non-hydrogen) atoms. The summed E-state index contributed by atoms with van der Waals surface area (Å²) >= 11 is 0. The zero-order chi connectivity index (χ0) is 18.8. The molecule has 2 nitrogen and oxygen atoms in total. The molecule has 0 aromatic heterocycles. The van der Waals surface area contributed by atoms with Gasteiger partial charge in [0.1, 0.15) is 0 Å². The summed E-state index contributed by atoms with van der Waals surface area (Å²) in [4.78, 5) is 0. The molecule has 0 N–H and O–H groups in total. The van der Waals surface area contributed by atoms with Crippen LogP contribution in [0.2, 0.25) is 18.1 Å². The van der Waals surface area contributed by atoms with Crippen LogP contribution in [0.3, 0.4) is 0 Å². The van der Waals surface area contributed by atoms with E-state index in [-0.39, 0.29) is 10.6 Å². The van der Waals surface area contributed by atoms with Crippen molar-refractivity contribution in [3.8, 4) is 0 Å². The molecule has 2 saturated carbocycles. The van der Waals surface area contributed by atoms with Gasteiger partial charge in [-0.05, 0) is 70.0 Å². The van der Waals surface area contributed by atoms with Gasteiger partial charge < -0.3 is 9.16 Å². The average Bonchev–Trinajstić information content (AvgIpc) is 2.85. The summed E-state index contributed by atoms with van der Waals surface area (Å²) in [5.41, 5.74) is 1.64. The van der Waals surface area contributed by atoms with Crippen LogP contribution in [0.5, 0.6) is 0 Å². The van der Waals surface area contributed by atoms with E-state index in [1.807, 2.05) is 0 Å². The van der Waals surface area contributed by atoms with Crippen LogP contribution in [0.4, 0.5) is 0 Å². The highest BCUT2D eigenvalue weighted by Crippen LogP contribution is 2.56. The Labute approximate surface area is 156 Å². The van der Waals surface area contributed by atoms with E-state index in [1.165, 1.54) is 19.3 Å². The Kier molecular flexibility index (Phi) is 4.87. The highest BCUT2D eigenvalue weighted by atomic mass is 28.4. The van der Waals surface area contributed by atoms with Crippen molar-refractivity contribution in [2.45, 2.75) is 104 Å². The van der Waals surface area contributed by atoms with Gasteiger partial charge in [0.25, 0.3) is 0 Å². The fourth-order valence-corrected chi connectivity index (χ4v) is 6.44. The zero-order valence-electron chi connectivity index (χ0n) is 18.0. The standard InChI is InChI=1S/C22H40O2Si/c1-14-10-15-11-17-12-16(19(15)20(17)23-21(2,3)4)13-18(14)24-25(8,9)22(5,6)7/h11,14,16-20H,10,12-13H2,1-9H3/t14-,16-,17-,18-,19+,20+/m0/s1. The van der Waals surface area contributed by atoms with Crippen LogP contribution < -0.4 is 0 Å². The minimum atomic E-state index is -1.71. The minimum absolute atomic E-state index is 0.0456. The SMILES string of the molecule is C[C@H]1CC2=C[C@H]3C[C@@H](C[C@@H]1O[Si](C)(C)C(C)(C)C)[C@@H]2[C@@H]3OC(C)(C)C.